The van der Waals surface area contributed by atoms with Crippen molar-refractivity contribution < 1.29 is 9.36 Å². The van der Waals surface area contributed by atoms with Gasteiger partial charge in [0, 0.05) is 33.6 Å². The zero-order valence-electron chi connectivity index (χ0n) is 10.8. The van der Waals surface area contributed by atoms with Crippen LogP contribution in [0.4, 0.5) is 0 Å². The smallest absolute Gasteiger partial charge is 0.248 e. The maximum Gasteiger partial charge on any atom is 0.248 e. The van der Waals surface area contributed by atoms with Crippen molar-refractivity contribution in [3.8, 4) is 0 Å². The number of rotatable bonds is 3. The third-order valence-corrected chi connectivity index (χ3v) is 4.01. The Bertz CT molecular complexity index is 777. The van der Waals surface area contributed by atoms with Crippen molar-refractivity contribution in [2.24, 2.45) is 0 Å². The van der Waals surface area contributed by atoms with Crippen molar-refractivity contribution in [2.45, 2.75) is 6.54 Å². The average Bonchev–Trinajstić information content (AvgIpc) is 2.49. The summed E-state index contributed by atoms with van der Waals surface area (Å²) in [5.74, 6) is 0.110. The van der Waals surface area contributed by atoms with Crippen LogP contribution in [0, 0.1) is 0 Å². The SMILES string of the molecule is O=C(C[n+]1ccccc1Br)c1cccc2ccccc12. The van der Waals surface area contributed by atoms with Gasteiger partial charge >= 0.3 is 0 Å². The standard InChI is InChI=1S/C17H13BrNO/c18-17-10-3-4-11-19(17)12-16(20)15-9-5-7-13-6-1-2-8-14(13)15/h1-11H,12H2/q+1. The zero-order valence-corrected chi connectivity index (χ0v) is 12.4. The molecule has 0 N–H and O–H groups in total. The largest absolute Gasteiger partial charge is 0.287 e. The molecule has 1 heterocycles. The van der Waals surface area contributed by atoms with Gasteiger partial charge in [-0.15, -0.1) is 0 Å². The van der Waals surface area contributed by atoms with E-state index in [1.807, 2.05) is 71.4 Å². The van der Waals surface area contributed by atoms with E-state index >= 15 is 0 Å². The van der Waals surface area contributed by atoms with Crippen LogP contribution in [0.3, 0.4) is 0 Å². The maximum absolute atomic E-state index is 12.5. The first kappa shape index (κ1) is 13.0. The molecule has 98 valence electrons. The van der Waals surface area contributed by atoms with Crippen LogP contribution in [-0.4, -0.2) is 5.78 Å². The lowest BCUT2D eigenvalue weighted by molar-refractivity contribution is -0.694. The monoisotopic (exact) mass is 326 g/mol. The van der Waals surface area contributed by atoms with E-state index in [0.29, 0.717) is 6.54 Å². The Morgan fingerprint density at radius 2 is 1.70 bits per heavy atom. The van der Waals surface area contributed by atoms with Crippen LogP contribution in [0.2, 0.25) is 0 Å². The second kappa shape index (κ2) is 5.55. The fourth-order valence-electron chi connectivity index (χ4n) is 2.29. The minimum Gasteiger partial charge on any atom is -0.287 e. The highest BCUT2D eigenvalue weighted by Gasteiger charge is 2.16. The molecule has 2 aromatic carbocycles. The predicted octanol–water partition coefficient (Wildman–Crippen LogP) is 3.77. The predicted molar refractivity (Wildman–Crippen MR) is 82.6 cm³/mol. The summed E-state index contributed by atoms with van der Waals surface area (Å²) in [4.78, 5) is 12.5. The number of ketones is 1. The lowest BCUT2D eigenvalue weighted by Crippen LogP contribution is -2.38. The van der Waals surface area contributed by atoms with Crippen molar-refractivity contribution in [3.63, 3.8) is 0 Å². The third kappa shape index (κ3) is 2.49. The summed E-state index contributed by atoms with van der Waals surface area (Å²) in [6.45, 7) is 0.329. The quantitative estimate of drug-likeness (QED) is 0.407. The average molecular weight is 327 g/mol. The van der Waals surface area contributed by atoms with Crippen LogP contribution in [0.15, 0.2) is 71.5 Å². The first-order chi connectivity index (χ1) is 9.75. The van der Waals surface area contributed by atoms with E-state index in [2.05, 4.69) is 15.9 Å². The Hall–Kier alpha value is -2.00. The number of nitrogens with zero attached hydrogens (tertiary/aromatic N) is 1. The minimum atomic E-state index is 0.110. The van der Waals surface area contributed by atoms with E-state index in [1.165, 1.54) is 0 Å². The summed E-state index contributed by atoms with van der Waals surface area (Å²) >= 11 is 3.46. The maximum atomic E-state index is 12.5. The summed E-state index contributed by atoms with van der Waals surface area (Å²) in [7, 11) is 0. The Kier molecular flexibility index (Phi) is 3.61. The van der Waals surface area contributed by atoms with Gasteiger partial charge in [0.1, 0.15) is 0 Å². The van der Waals surface area contributed by atoms with Crippen molar-refractivity contribution >= 4 is 32.5 Å². The first-order valence-electron chi connectivity index (χ1n) is 6.40. The molecule has 0 aliphatic rings. The number of aromatic nitrogens is 1. The molecule has 2 nitrogen and oxygen atoms in total. The van der Waals surface area contributed by atoms with E-state index in [0.717, 1.165) is 20.9 Å². The molecule has 0 amide bonds. The van der Waals surface area contributed by atoms with E-state index < -0.39 is 0 Å². The second-order valence-corrected chi connectivity index (χ2v) is 5.41. The van der Waals surface area contributed by atoms with Crippen molar-refractivity contribution in [3.05, 3.63) is 77.0 Å². The van der Waals surface area contributed by atoms with Gasteiger partial charge in [0.05, 0.1) is 0 Å². The summed E-state index contributed by atoms with van der Waals surface area (Å²) in [5, 5.41) is 2.10. The van der Waals surface area contributed by atoms with Crippen LogP contribution in [0.5, 0.6) is 0 Å². The number of benzene rings is 2. The summed E-state index contributed by atoms with van der Waals surface area (Å²) in [6.07, 6.45) is 1.90. The third-order valence-electron chi connectivity index (χ3n) is 3.29. The Morgan fingerprint density at radius 3 is 2.55 bits per heavy atom. The molecule has 0 aliphatic carbocycles. The highest BCUT2D eigenvalue weighted by molar-refractivity contribution is 9.10. The molecule has 3 aromatic rings. The molecule has 3 rings (SSSR count). The van der Waals surface area contributed by atoms with E-state index in [-0.39, 0.29) is 5.78 Å². The Labute approximate surface area is 125 Å². The molecule has 20 heavy (non-hydrogen) atoms. The van der Waals surface area contributed by atoms with E-state index in [4.69, 9.17) is 0 Å². The van der Waals surface area contributed by atoms with Crippen LogP contribution < -0.4 is 4.57 Å². The number of hydrogen-bond donors (Lipinski definition) is 0. The normalized spacial score (nSPS) is 10.7. The summed E-state index contributed by atoms with van der Waals surface area (Å²) in [5.41, 5.74) is 0.770. The highest BCUT2D eigenvalue weighted by Crippen LogP contribution is 2.19. The number of carbonyl (C=O) groups excluding carboxylic acids is 1. The van der Waals surface area contributed by atoms with Gasteiger partial charge in [-0.05, 0) is 16.8 Å². The van der Waals surface area contributed by atoms with Gasteiger partial charge in [-0.1, -0.05) is 42.5 Å². The summed E-state index contributed by atoms with van der Waals surface area (Å²) in [6, 6.07) is 19.6. The lowest BCUT2D eigenvalue weighted by Gasteiger charge is -2.04. The topological polar surface area (TPSA) is 20.9 Å². The van der Waals surface area contributed by atoms with Crippen LogP contribution in [-0.2, 0) is 6.54 Å². The Morgan fingerprint density at radius 1 is 0.950 bits per heavy atom. The summed E-state index contributed by atoms with van der Waals surface area (Å²) < 4.78 is 2.79. The molecule has 0 saturated carbocycles. The van der Waals surface area contributed by atoms with Crippen LogP contribution >= 0.6 is 15.9 Å². The van der Waals surface area contributed by atoms with Crippen molar-refractivity contribution in [1.82, 2.24) is 0 Å². The van der Waals surface area contributed by atoms with Gasteiger partial charge < -0.3 is 0 Å². The van der Waals surface area contributed by atoms with Gasteiger partial charge in [0.2, 0.25) is 16.9 Å². The molecule has 0 aliphatic heterocycles. The van der Waals surface area contributed by atoms with Crippen LogP contribution in [0.25, 0.3) is 10.8 Å². The second-order valence-electron chi connectivity index (χ2n) is 4.60. The fourth-order valence-corrected chi connectivity index (χ4v) is 2.69. The molecule has 0 fully saturated rings. The molecular formula is C17H13BrNO+. The van der Waals surface area contributed by atoms with Crippen molar-refractivity contribution in [2.75, 3.05) is 0 Å². The first-order valence-corrected chi connectivity index (χ1v) is 7.20. The molecule has 1 aromatic heterocycles. The number of fused-ring (bicyclic) bond motifs is 1. The number of Topliss-reactive ketones (excluding diaryl/α,β-unsaturated/α-hetero) is 1. The van der Waals surface area contributed by atoms with Gasteiger partial charge in [-0.25, -0.2) is 0 Å². The molecule has 0 bridgehead atoms. The molecule has 0 radical (unpaired) electrons. The number of halogens is 1. The fraction of sp³-hybridized carbons (Fsp3) is 0.0588. The van der Waals surface area contributed by atoms with Gasteiger partial charge in [0.15, 0.2) is 6.20 Å². The van der Waals surface area contributed by atoms with Crippen molar-refractivity contribution in [1.29, 1.82) is 0 Å². The van der Waals surface area contributed by atoms with Crippen LogP contribution in [0.1, 0.15) is 10.4 Å². The number of hydrogen-bond acceptors (Lipinski definition) is 1. The van der Waals surface area contributed by atoms with Gasteiger partial charge in [0.25, 0.3) is 0 Å². The lowest BCUT2D eigenvalue weighted by atomic mass is 10.0. The van der Waals surface area contributed by atoms with Gasteiger partial charge in [-0.2, -0.15) is 4.57 Å². The Balaban J connectivity index is 1.99. The highest BCUT2D eigenvalue weighted by atomic mass is 79.9. The molecule has 0 spiro atoms. The molecular weight excluding hydrogens is 314 g/mol. The molecule has 3 heteroatoms. The van der Waals surface area contributed by atoms with E-state index in [9.17, 15) is 4.79 Å². The zero-order chi connectivity index (χ0) is 13.9. The molecule has 0 saturated heterocycles. The number of carbonyl (C=O) groups is 1. The molecule has 0 unspecified atom stereocenters. The van der Waals surface area contributed by atoms with E-state index in [1.54, 1.807) is 0 Å². The van der Waals surface area contributed by atoms with Gasteiger partial charge in [-0.3, -0.25) is 4.79 Å². The molecule has 0 atom stereocenters. The number of pyridine rings is 1. The minimum absolute atomic E-state index is 0.110.